The number of hydrogen-bond donors (Lipinski definition) is 1. The Morgan fingerprint density at radius 3 is 2.40 bits per heavy atom. The van der Waals surface area contributed by atoms with E-state index in [1.165, 1.54) is 10.9 Å². The van der Waals surface area contributed by atoms with Gasteiger partial charge < -0.3 is 14.6 Å². The van der Waals surface area contributed by atoms with Crippen molar-refractivity contribution in [2.24, 2.45) is 0 Å². The van der Waals surface area contributed by atoms with Gasteiger partial charge in [-0.3, -0.25) is 4.79 Å². The monoisotopic (exact) mass is 334 g/mol. The minimum Gasteiger partial charge on any atom is -0.487 e. The van der Waals surface area contributed by atoms with Gasteiger partial charge in [0, 0.05) is 10.9 Å². The van der Waals surface area contributed by atoms with Gasteiger partial charge in [-0.2, -0.15) is 0 Å². The van der Waals surface area contributed by atoms with Gasteiger partial charge in [-0.05, 0) is 49.6 Å². The zero-order chi connectivity index (χ0) is 17.6. The fourth-order valence-corrected chi connectivity index (χ4v) is 3.54. The molecular weight excluding hydrogens is 312 g/mol. The van der Waals surface area contributed by atoms with Crippen LogP contribution in [0.5, 0.6) is 5.75 Å². The summed E-state index contributed by atoms with van der Waals surface area (Å²) in [6, 6.07) is 14.0. The van der Waals surface area contributed by atoms with Crippen LogP contribution in [-0.2, 0) is 0 Å². The number of carbonyl (C=O) groups excluding carboxylic acids is 1. The molecule has 2 heterocycles. The SMILES string of the molecule is Cc1ccc(C)c2c(C)c(C(=O)N3CC(Oc4ccccc4)C3)[nH]c12. The molecule has 1 N–H and O–H groups in total. The Labute approximate surface area is 147 Å². The molecule has 4 heteroatoms. The Hall–Kier alpha value is -2.75. The second-order valence-electron chi connectivity index (χ2n) is 6.84. The third kappa shape index (κ3) is 2.68. The van der Waals surface area contributed by atoms with Gasteiger partial charge in [-0.25, -0.2) is 0 Å². The first-order valence-electron chi connectivity index (χ1n) is 8.64. The molecule has 0 aliphatic carbocycles. The molecule has 0 atom stereocenters. The van der Waals surface area contributed by atoms with Crippen molar-refractivity contribution in [2.45, 2.75) is 26.9 Å². The highest BCUT2D eigenvalue weighted by Crippen LogP contribution is 2.29. The smallest absolute Gasteiger partial charge is 0.270 e. The molecule has 0 bridgehead atoms. The van der Waals surface area contributed by atoms with Crippen LogP contribution in [0.25, 0.3) is 10.9 Å². The standard InChI is InChI=1S/C21H22N2O2/c1-13-9-10-14(2)19-18(13)15(3)20(22-19)21(24)23-11-17(12-23)25-16-7-5-4-6-8-16/h4-10,17,22H,11-12H2,1-3H3. The average Bonchev–Trinajstić information content (AvgIpc) is 2.93. The van der Waals surface area contributed by atoms with Gasteiger partial charge in [0.25, 0.3) is 5.91 Å². The van der Waals surface area contributed by atoms with Crippen LogP contribution in [0.4, 0.5) is 0 Å². The van der Waals surface area contributed by atoms with Gasteiger partial charge in [0.2, 0.25) is 0 Å². The average molecular weight is 334 g/mol. The lowest BCUT2D eigenvalue weighted by Crippen LogP contribution is -2.56. The first-order valence-corrected chi connectivity index (χ1v) is 8.64. The van der Waals surface area contributed by atoms with E-state index in [0.717, 1.165) is 22.4 Å². The summed E-state index contributed by atoms with van der Waals surface area (Å²) in [5, 5.41) is 1.17. The predicted molar refractivity (Wildman–Crippen MR) is 99.3 cm³/mol. The normalized spacial score (nSPS) is 14.6. The number of fused-ring (bicyclic) bond motifs is 1. The van der Waals surface area contributed by atoms with Crippen LogP contribution < -0.4 is 4.74 Å². The second-order valence-corrected chi connectivity index (χ2v) is 6.84. The molecule has 1 aliphatic rings. The number of ether oxygens (including phenoxy) is 1. The zero-order valence-electron chi connectivity index (χ0n) is 14.8. The Bertz CT molecular complexity index is 937. The molecular formula is C21H22N2O2. The maximum Gasteiger partial charge on any atom is 0.270 e. The molecule has 2 aromatic carbocycles. The first kappa shape index (κ1) is 15.8. The van der Waals surface area contributed by atoms with Crippen LogP contribution in [-0.4, -0.2) is 35.0 Å². The quantitative estimate of drug-likeness (QED) is 0.787. The van der Waals surface area contributed by atoms with Crippen LogP contribution in [0, 0.1) is 20.8 Å². The Morgan fingerprint density at radius 2 is 1.72 bits per heavy atom. The van der Waals surface area contributed by atoms with Crippen LogP contribution in [0.2, 0.25) is 0 Å². The maximum atomic E-state index is 12.9. The van der Waals surface area contributed by atoms with Crippen molar-refractivity contribution < 1.29 is 9.53 Å². The minimum atomic E-state index is 0.0559. The molecule has 3 aromatic rings. The molecule has 0 unspecified atom stereocenters. The largest absolute Gasteiger partial charge is 0.487 e. The number of carbonyl (C=O) groups is 1. The van der Waals surface area contributed by atoms with Crippen molar-refractivity contribution in [3.05, 3.63) is 64.8 Å². The molecule has 0 radical (unpaired) electrons. The van der Waals surface area contributed by atoms with Crippen molar-refractivity contribution in [2.75, 3.05) is 13.1 Å². The molecule has 1 aliphatic heterocycles. The lowest BCUT2D eigenvalue weighted by molar-refractivity contribution is 0.0173. The lowest BCUT2D eigenvalue weighted by Gasteiger charge is -2.38. The molecule has 4 rings (SSSR count). The number of rotatable bonds is 3. The Morgan fingerprint density at radius 1 is 1.04 bits per heavy atom. The van der Waals surface area contributed by atoms with Gasteiger partial charge in [0.15, 0.2) is 0 Å². The molecule has 1 amide bonds. The van der Waals surface area contributed by atoms with Crippen molar-refractivity contribution in [1.29, 1.82) is 0 Å². The number of aromatic amines is 1. The van der Waals surface area contributed by atoms with Gasteiger partial charge in [-0.15, -0.1) is 0 Å². The maximum absolute atomic E-state index is 12.9. The summed E-state index contributed by atoms with van der Waals surface area (Å²) in [4.78, 5) is 18.1. The molecule has 4 nitrogen and oxygen atoms in total. The first-order chi connectivity index (χ1) is 12.0. The van der Waals surface area contributed by atoms with Crippen LogP contribution in [0.1, 0.15) is 27.2 Å². The number of nitrogens with one attached hydrogen (secondary N) is 1. The van der Waals surface area contributed by atoms with Gasteiger partial charge >= 0.3 is 0 Å². The molecule has 128 valence electrons. The number of aromatic nitrogens is 1. The van der Waals surface area contributed by atoms with Crippen LogP contribution >= 0.6 is 0 Å². The predicted octanol–water partition coefficient (Wildman–Crippen LogP) is 4.00. The number of para-hydroxylation sites is 1. The second kappa shape index (κ2) is 5.96. The summed E-state index contributed by atoms with van der Waals surface area (Å²) in [7, 11) is 0. The number of benzene rings is 2. The summed E-state index contributed by atoms with van der Waals surface area (Å²) in [6.07, 6.45) is 0.0690. The summed E-state index contributed by atoms with van der Waals surface area (Å²) < 4.78 is 5.89. The molecule has 1 saturated heterocycles. The van der Waals surface area contributed by atoms with Gasteiger partial charge in [0.05, 0.1) is 13.1 Å². The summed E-state index contributed by atoms with van der Waals surface area (Å²) >= 11 is 0. The highest BCUT2D eigenvalue weighted by atomic mass is 16.5. The van der Waals surface area contributed by atoms with E-state index < -0.39 is 0 Å². The summed E-state index contributed by atoms with van der Waals surface area (Å²) in [5.74, 6) is 0.910. The fourth-order valence-electron chi connectivity index (χ4n) is 3.54. The molecule has 0 spiro atoms. The molecule has 1 aromatic heterocycles. The molecule has 1 fully saturated rings. The minimum absolute atomic E-state index is 0.0559. The van der Waals surface area contributed by atoms with Crippen molar-refractivity contribution >= 4 is 16.8 Å². The summed E-state index contributed by atoms with van der Waals surface area (Å²) in [6.45, 7) is 7.43. The molecule has 0 saturated carbocycles. The topological polar surface area (TPSA) is 45.3 Å². The number of amides is 1. The van der Waals surface area contributed by atoms with E-state index in [1.807, 2.05) is 42.2 Å². The highest BCUT2D eigenvalue weighted by molar-refractivity contribution is 6.02. The van der Waals surface area contributed by atoms with Gasteiger partial charge in [0.1, 0.15) is 17.5 Å². The van der Waals surface area contributed by atoms with E-state index in [0.29, 0.717) is 18.8 Å². The Balaban J connectivity index is 1.51. The van der Waals surface area contributed by atoms with Crippen molar-refractivity contribution in [3.63, 3.8) is 0 Å². The zero-order valence-corrected chi connectivity index (χ0v) is 14.8. The Kier molecular flexibility index (Phi) is 3.75. The number of H-pyrrole nitrogens is 1. The highest BCUT2D eigenvalue weighted by Gasteiger charge is 2.34. The van der Waals surface area contributed by atoms with Gasteiger partial charge in [-0.1, -0.05) is 30.3 Å². The third-order valence-corrected chi connectivity index (χ3v) is 5.02. The lowest BCUT2D eigenvalue weighted by atomic mass is 10.0. The molecule has 25 heavy (non-hydrogen) atoms. The number of likely N-dealkylation sites (tertiary alicyclic amines) is 1. The van der Waals surface area contributed by atoms with Crippen molar-refractivity contribution in [1.82, 2.24) is 9.88 Å². The number of nitrogens with zero attached hydrogens (tertiary/aromatic N) is 1. The van der Waals surface area contributed by atoms with E-state index in [-0.39, 0.29) is 12.0 Å². The van der Waals surface area contributed by atoms with E-state index in [4.69, 9.17) is 4.74 Å². The van der Waals surface area contributed by atoms with Crippen LogP contribution in [0.15, 0.2) is 42.5 Å². The van der Waals surface area contributed by atoms with E-state index >= 15 is 0 Å². The third-order valence-electron chi connectivity index (χ3n) is 5.02. The van der Waals surface area contributed by atoms with E-state index in [1.54, 1.807) is 0 Å². The van der Waals surface area contributed by atoms with E-state index in [2.05, 4.69) is 31.0 Å². The van der Waals surface area contributed by atoms with Crippen molar-refractivity contribution in [3.8, 4) is 5.75 Å². The van der Waals surface area contributed by atoms with E-state index in [9.17, 15) is 4.79 Å². The number of aryl methyl sites for hydroxylation is 3. The van der Waals surface area contributed by atoms with Crippen LogP contribution in [0.3, 0.4) is 0 Å². The summed E-state index contributed by atoms with van der Waals surface area (Å²) in [5.41, 5.74) is 5.16. The fraction of sp³-hybridized carbons (Fsp3) is 0.286. The number of hydrogen-bond acceptors (Lipinski definition) is 2.